The second-order valence-electron chi connectivity index (χ2n) is 9.55. The molecule has 0 spiro atoms. The molecule has 9 heteroatoms. The lowest BCUT2D eigenvalue weighted by Crippen LogP contribution is -2.35. The van der Waals surface area contributed by atoms with Gasteiger partial charge in [0.05, 0.1) is 30.2 Å². The molecule has 4 rings (SSSR count). The number of carbonyl (C=O) groups is 2. The highest BCUT2D eigenvalue weighted by Gasteiger charge is 2.24. The third-order valence-electron chi connectivity index (χ3n) is 6.77. The maximum atomic E-state index is 13.0. The lowest BCUT2D eigenvalue weighted by molar-refractivity contribution is -0.117. The minimum Gasteiger partial charge on any atom is -0.465 e. The molecule has 202 valence electrons. The van der Waals surface area contributed by atoms with E-state index < -0.39 is 5.97 Å². The largest absolute Gasteiger partial charge is 0.465 e. The van der Waals surface area contributed by atoms with Gasteiger partial charge in [0.2, 0.25) is 11.8 Å². The van der Waals surface area contributed by atoms with Gasteiger partial charge < -0.3 is 29.7 Å². The molecule has 2 fully saturated rings. The van der Waals surface area contributed by atoms with E-state index in [1.807, 2.05) is 25.1 Å². The number of rotatable bonds is 11. The Kier molecular flexibility index (Phi) is 9.37. The van der Waals surface area contributed by atoms with Crippen molar-refractivity contribution in [2.45, 2.75) is 38.7 Å². The number of aromatic nitrogens is 1. The number of hydrogen-bond donors (Lipinski definition) is 2. The molecule has 0 saturated carbocycles. The predicted molar refractivity (Wildman–Crippen MR) is 148 cm³/mol. The van der Waals surface area contributed by atoms with E-state index in [1.165, 1.54) is 7.11 Å². The van der Waals surface area contributed by atoms with E-state index in [-0.39, 0.29) is 17.9 Å². The lowest BCUT2D eigenvalue weighted by atomic mass is 9.93. The van der Waals surface area contributed by atoms with Crippen LogP contribution in [0.4, 0.5) is 17.2 Å². The van der Waals surface area contributed by atoms with Crippen LogP contribution in [0.1, 0.15) is 43.0 Å². The van der Waals surface area contributed by atoms with Crippen molar-refractivity contribution in [3.8, 4) is 5.88 Å². The molecule has 1 aromatic carbocycles. The first-order chi connectivity index (χ1) is 18.4. The number of hydrogen-bond acceptors (Lipinski definition) is 8. The number of amides is 1. The highest BCUT2D eigenvalue weighted by molar-refractivity contribution is 5.97. The van der Waals surface area contributed by atoms with E-state index in [9.17, 15) is 9.59 Å². The number of piperidine rings is 1. The number of allylic oxidation sites excluding steroid dienone is 3. The number of carbonyl (C=O) groups excluding carboxylic acids is 2. The molecule has 0 aliphatic carbocycles. The van der Waals surface area contributed by atoms with Crippen molar-refractivity contribution in [2.75, 3.05) is 48.9 Å². The first-order valence-corrected chi connectivity index (χ1v) is 13.0. The van der Waals surface area contributed by atoms with Gasteiger partial charge in [0.1, 0.15) is 11.6 Å². The maximum Gasteiger partial charge on any atom is 0.337 e. The van der Waals surface area contributed by atoms with Crippen LogP contribution in [0.2, 0.25) is 0 Å². The predicted octanol–water partition coefficient (Wildman–Crippen LogP) is 4.78. The van der Waals surface area contributed by atoms with Crippen molar-refractivity contribution in [1.29, 1.82) is 0 Å². The van der Waals surface area contributed by atoms with Crippen LogP contribution in [0.3, 0.4) is 0 Å². The molecule has 9 nitrogen and oxygen atoms in total. The molecule has 2 saturated heterocycles. The summed E-state index contributed by atoms with van der Waals surface area (Å²) in [6.07, 6.45) is 6.81. The zero-order chi connectivity index (χ0) is 26.9. The quantitative estimate of drug-likeness (QED) is 0.248. The van der Waals surface area contributed by atoms with E-state index in [0.29, 0.717) is 35.8 Å². The molecule has 3 heterocycles. The number of nitrogens with one attached hydrogen (secondary N) is 2. The highest BCUT2D eigenvalue weighted by Crippen LogP contribution is 2.28. The van der Waals surface area contributed by atoms with E-state index in [4.69, 9.17) is 14.2 Å². The molecule has 1 amide bonds. The molecule has 0 radical (unpaired) electrons. The van der Waals surface area contributed by atoms with Crippen LogP contribution in [-0.4, -0.2) is 56.3 Å². The molecular weight excluding hydrogens is 484 g/mol. The molecule has 1 aromatic heterocycles. The van der Waals surface area contributed by atoms with Crippen LogP contribution in [0.25, 0.3) is 0 Å². The fraction of sp³-hybridized carbons (Fsp3) is 0.414. The minimum absolute atomic E-state index is 0.0461. The summed E-state index contributed by atoms with van der Waals surface area (Å²) in [6.45, 7) is 8.55. The Balaban J connectivity index is 1.31. The summed E-state index contributed by atoms with van der Waals surface area (Å²) in [5.41, 5.74) is 1.74. The number of nitrogens with zero attached hydrogens (tertiary/aromatic N) is 2. The zero-order valence-corrected chi connectivity index (χ0v) is 22.1. The molecule has 0 unspecified atom stereocenters. The first-order valence-electron chi connectivity index (χ1n) is 13.0. The van der Waals surface area contributed by atoms with E-state index in [1.54, 1.807) is 30.4 Å². The Morgan fingerprint density at radius 1 is 1.18 bits per heavy atom. The molecule has 1 atom stereocenters. The Hall–Kier alpha value is -3.85. The fourth-order valence-corrected chi connectivity index (χ4v) is 4.55. The van der Waals surface area contributed by atoms with Gasteiger partial charge in [-0.25, -0.2) is 4.79 Å². The van der Waals surface area contributed by atoms with Gasteiger partial charge in [-0.15, -0.1) is 0 Å². The molecule has 2 aromatic rings. The van der Waals surface area contributed by atoms with E-state index in [2.05, 4.69) is 27.1 Å². The number of esters is 1. The molecular formula is C29H36N4O5. The van der Waals surface area contributed by atoms with Gasteiger partial charge in [-0.3, -0.25) is 4.79 Å². The van der Waals surface area contributed by atoms with Gasteiger partial charge in [0, 0.05) is 38.7 Å². The van der Waals surface area contributed by atoms with Gasteiger partial charge in [0.25, 0.3) is 0 Å². The normalized spacial score (nSPS) is 17.8. The number of ether oxygens (including phenoxy) is 3. The lowest BCUT2D eigenvalue weighted by Gasteiger charge is -2.32. The van der Waals surface area contributed by atoms with Crippen LogP contribution < -0.4 is 20.3 Å². The van der Waals surface area contributed by atoms with Gasteiger partial charge in [0.15, 0.2) is 0 Å². The summed E-state index contributed by atoms with van der Waals surface area (Å²) in [5, 5.41) is 6.34. The monoisotopic (exact) mass is 520 g/mol. The van der Waals surface area contributed by atoms with Crippen LogP contribution in [-0.2, 0) is 14.3 Å². The standard InChI is InChI=1S/C29H36N4O5/c1-4-6-20(2)38-28-8-5-7-26(32-28)33-14-11-21(12-15-33)17-27(34)31-24-10-9-22(29(35)36-3)18-25(24)30-19-23-13-16-37-23/h4-10,18,21,23,30H,1,11-17,19H2,2-3H3,(H,31,34)/t23-/m0/s1. The number of anilines is 3. The number of benzene rings is 1. The van der Waals surface area contributed by atoms with Crippen LogP contribution in [0, 0.1) is 5.92 Å². The average molecular weight is 521 g/mol. The SMILES string of the molecule is C=CC=C(C)Oc1cccc(N2CCC(CC(=O)Nc3ccc(C(=O)OC)cc3NC[C@@H]3CCO3)CC2)n1. The van der Waals surface area contributed by atoms with Gasteiger partial charge in [-0.2, -0.15) is 4.98 Å². The summed E-state index contributed by atoms with van der Waals surface area (Å²) in [5.74, 6) is 1.95. The maximum absolute atomic E-state index is 13.0. The molecule has 38 heavy (non-hydrogen) atoms. The van der Waals surface area contributed by atoms with Crippen molar-refractivity contribution < 1.29 is 23.8 Å². The van der Waals surface area contributed by atoms with Crippen molar-refractivity contribution in [1.82, 2.24) is 4.98 Å². The summed E-state index contributed by atoms with van der Waals surface area (Å²) < 4.78 is 16.1. The van der Waals surface area contributed by atoms with Gasteiger partial charge in [-0.1, -0.05) is 18.7 Å². The summed E-state index contributed by atoms with van der Waals surface area (Å²) in [7, 11) is 1.35. The van der Waals surface area contributed by atoms with Gasteiger partial charge >= 0.3 is 5.97 Å². The second-order valence-corrected chi connectivity index (χ2v) is 9.55. The minimum atomic E-state index is -0.424. The molecule has 2 N–H and O–H groups in total. The van der Waals surface area contributed by atoms with Crippen LogP contribution in [0.15, 0.2) is 60.9 Å². The van der Waals surface area contributed by atoms with E-state index in [0.717, 1.165) is 50.5 Å². The molecule has 2 aliphatic rings. The smallest absolute Gasteiger partial charge is 0.337 e. The molecule has 0 bridgehead atoms. The third kappa shape index (κ3) is 7.35. The highest BCUT2D eigenvalue weighted by atomic mass is 16.5. The van der Waals surface area contributed by atoms with Gasteiger partial charge in [-0.05, 0) is 62.4 Å². The van der Waals surface area contributed by atoms with E-state index >= 15 is 0 Å². The number of methoxy groups -OCH3 is 1. The summed E-state index contributed by atoms with van der Waals surface area (Å²) in [6, 6.07) is 10.9. The summed E-state index contributed by atoms with van der Waals surface area (Å²) in [4.78, 5) is 31.8. The van der Waals surface area contributed by atoms with Crippen molar-refractivity contribution in [2.24, 2.45) is 5.92 Å². The molecule has 2 aliphatic heterocycles. The van der Waals surface area contributed by atoms with Crippen LogP contribution >= 0.6 is 0 Å². The summed E-state index contributed by atoms with van der Waals surface area (Å²) >= 11 is 0. The zero-order valence-electron chi connectivity index (χ0n) is 22.1. The fourth-order valence-electron chi connectivity index (χ4n) is 4.55. The number of pyridine rings is 1. The average Bonchev–Trinajstić information content (AvgIpc) is 2.89. The Bertz CT molecular complexity index is 1170. The van der Waals surface area contributed by atoms with Crippen molar-refractivity contribution >= 4 is 29.1 Å². The Labute approximate surface area is 223 Å². The third-order valence-corrected chi connectivity index (χ3v) is 6.77. The van der Waals surface area contributed by atoms with Crippen molar-refractivity contribution in [3.05, 3.63) is 66.5 Å². The second kappa shape index (κ2) is 13.1. The first kappa shape index (κ1) is 27.2. The Morgan fingerprint density at radius 2 is 1.97 bits per heavy atom. The topological polar surface area (TPSA) is 102 Å². The Morgan fingerprint density at radius 3 is 2.66 bits per heavy atom. The van der Waals surface area contributed by atoms with Crippen molar-refractivity contribution in [3.63, 3.8) is 0 Å². The van der Waals surface area contributed by atoms with Crippen LogP contribution in [0.5, 0.6) is 5.88 Å².